The first-order valence-electron chi connectivity index (χ1n) is 5.22. The fourth-order valence-electron chi connectivity index (χ4n) is 1.92. The molecule has 1 heterocycles. The number of fused-ring (bicyclic) bond motifs is 1. The smallest absolute Gasteiger partial charge is 0.131 e. The van der Waals surface area contributed by atoms with Crippen molar-refractivity contribution < 1.29 is 4.79 Å². The lowest BCUT2D eigenvalue weighted by Crippen LogP contribution is -2.01. The maximum atomic E-state index is 10.9. The van der Waals surface area contributed by atoms with Crippen LogP contribution in [0.4, 0.5) is 0 Å². The molecular formula is C13H15NO. The number of benzene rings is 1. The van der Waals surface area contributed by atoms with Gasteiger partial charge in [0.1, 0.15) is 5.78 Å². The Morgan fingerprint density at radius 3 is 2.87 bits per heavy atom. The molecule has 2 heteroatoms. The fourth-order valence-corrected chi connectivity index (χ4v) is 1.92. The molecule has 1 aromatic carbocycles. The van der Waals surface area contributed by atoms with Crippen molar-refractivity contribution in [3.8, 4) is 0 Å². The molecule has 0 bridgehead atoms. The molecule has 2 nitrogen and oxygen atoms in total. The molecule has 0 aliphatic carbocycles. The van der Waals surface area contributed by atoms with E-state index in [1.54, 1.807) is 6.92 Å². The quantitative estimate of drug-likeness (QED) is 0.748. The van der Waals surface area contributed by atoms with E-state index in [9.17, 15) is 4.79 Å². The summed E-state index contributed by atoms with van der Waals surface area (Å²) in [6.45, 7) is 4.52. The second kappa shape index (κ2) is 3.89. The standard InChI is InChI=1S/C13H15NO/c1-10-4-3-5-12-7-9-14(13(10)12)8-6-11(2)15/h3-5,7,9H,6,8H2,1-2H3. The second-order valence-electron chi connectivity index (χ2n) is 3.97. The van der Waals surface area contributed by atoms with Gasteiger partial charge in [0.05, 0.1) is 5.52 Å². The summed E-state index contributed by atoms with van der Waals surface area (Å²) in [6.07, 6.45) is 2.67. The molecule has 0 N–H and O–H groups in total. The molecule has 0 fully saturated rings. The number of Topliss-reactive ketones (excluding diaryl/α,β-unsaturated/α-hetero) is 1. The highest BCUT2D eigenvalue weighted by Crippen LogP contribution is 2.19. The van der Waals surface area contributed by atoms with Crippen LogP contribution in [-0.4, -0.2) is 10.4 Å². The number of carbonyl (C=O) groups is 1. The van der Waals surface area contributed by atoms with E-state index < -0.39 is 0 Å². The van der Waals surface area contributed by atoms with Crippen LogP contribution in [-0.2, 0) is 11.3 Å². The van der Waals surface area contributed by atoms with Crippen molar-refractivity contribution in [1.29, 1.82) is 0 Å². The highest BCUT2D eigenvalue weighted by Gasteiger charge is 2.03. The zero-order valence-electron chi connectivity index (χ0n) is 9.16. The number of rotatable bonds is 3. The van der Waals surface area contributed by atoms with Crippen LogP contribution in [0.1, 0.15) is 18.9 Å². The summed E-state index contributed by atoms with van der Waals surface area (Å²) in [4.78, 5) is 10.9. The number of hydrogen-bond acceptors (Lipinski definition) is 1. The van der Waals surface area contributed by atoms with Gasteiger partial charge in [-0.3, -0.25) is 4.79 Å². The lowest BCUT2D eigenvalue weighted by atomic mass is 10.2. The van der Waals surface area contributed by atoms with Crippen molar-refractivity contribution in [3.05, 3.63) is 36.0 Å². The molecule has 0 saturated heterocycles. The van der Waals surface area contributed by atoms with E-state index in [2.05, 4.69) is 42.0 Å². The van der Waals surface area contributed by atoms with Crippen LogP contribution in [0.2, 0.25) is 0 Å². The van der Waals surface area contributed by atoms with Gasteiger partial charge in [0.25, 0.3) is 0 Å². The molecule has 2 rings (SSSR count). The summed E-state index contributed by atoms with van der Waals surface area (Å²) in [5.74, 6) is 0.241. The van der Waals surface area contributed by atoms with Gasteiger partial charge in [0, 0.05) is 19.2 Å². The Bertz CT molecular complexity index is 496. The third kappa shape index (κ3) is 1.94. The molecule has 0 aliphatic heterocycles. The summed E-state index contributed by atoms with van der Waals surface area (Å²) >= 11 is 0. The molecular weight excluding hydrogens is 186 g/mol. The van der Waals surface area contributed by atoms with Crippen molar-refractivity contribution >= 4 is 16.7 Å². The molecule has 0 spiro atoms. The maximum Gasteiger partial charge on any atom is 0.131 e. The van der Waals surface area contributed by atoms with E-state index in [0.29, 0.717) is 6.42 Å². The van der Waals surface area contributed by atoms with E-state index >= 15 is 0 Å². The molecule has 0 radical (unpaired) electrons. The van der Waals surface area contributed by atoms with Gasteiger partial charge in [0.2, 0.25) is 0 Å². The second-order valence-corrected chi connectivity index (χ2v) is 3.97. The van der Waals surface area contributed by atoms with Crippen molar-refractivity contribution in [1.82, 2.24) is 4.57 Å². The lowest BCUT2D eigenvalue weighted by molar-refractivity contribution is -0.117. The predicted molar refractivity (Wildman–Crippen MR) is 62.0 cm³/mol. The highest BCUT2D eigenvalue weighted by atomic mass is 16.1. The first-order valence-corrected chi connectivity index (χ1v) is 5.22. The lowest BCUT2D eigenvalue weighted by Gasteiger charge is -2.05. The highest BCUT2D eigenvalue weighted by molar-refractivity contribution is 5.83. The fraction of sp³-hybridized carbons (Fsp3) is 0.308. The van der Waals surface area contributed by atoms with Gasteiger partial charge in [-0.25, -0.2) is 0 Å². The largest absolute Gasteiger partial charge is 0.347 e. The van der Waals surface area contributed by atoms with Crippen LogP contribution in [0.3, 0.4) is 0 Å². The van der Waals surface area contributed by atoms with Crippen molar-refractivity contribution in [2.45, 2.75) is 26.8 Å². The minimum absolute atomic E-state index is 0.241. The third-order valence-electron chi connectivity index (χ3n) is 2.69. The number of aromatic nitrogens is 1. The normalized spacial score (nSPS) is 10.8. The van der Waals surface area contributed by atoms with Gasteiger partial charge in [-0.05, 0) is 30.9 Å². The molecule has 2 aromatic rings. The predicted octanol–water partition coefficient (Wildman–Crippen LogP) is 2.93. The van der Waals surface area contributed by atoms with Crippen molar-refractivity contribution in [2.75, 3.05) is 0 Å². The summed E-state index contributed by atoms with van der Waals surface area (Å²) in [6, 6.07) is 8.37. The van der Waals surface area contributed by atoms with Gasteiger partial charge in [-0.15, -0.1) is 0 Å². The summed E-state index contributed by atoms with van der Waals surface area (Å²) < 4.78 is 2.16. The number of nitrogens with zero attached hydrogens (tertiary/aromatic N) is 1. The Hall–Kier alpha value is -1.57. The molecule has 0 amide bonds. The molecule has 15 heavy (non-hydrogen) atoms. The van der Waals surface area contributed by atoms with Crippen LogP contribution < -0.4 is 0 Å². The van der Waals surface area contributed by atoms with E-state index in [0.717, 1.165) is 6.54 Å². The minimum Gasteiger partial charge on any atom is -0.347 e. The first kappa shape index (κ1) is 9.97. The first-order chi connectivity index (χ1) is 7.18. The van der Waals surface area contributed by atoms with Gasteiger partial charge in [-0.2, -0.15) is 0 Å². The zero-order valence-corrected chi connectivity index (χ0v) is 9.16. The van der Waals surface area contributed by atoms with Crippen LogP contribution in [0.25, 0.3) is 10.9 Å². The van der Waals surface area contributed by atoms with E-state index in [1.807, 2.05) is 0 Å². The van der Waals surface area contributed by atoms with Gasteiger partial charge in [-0.1, -0.05) is 18.2 Å². The molecule has 0 aliphatic rings. The SMILES string of the molecule is CC(=O)CCn1ccc2cccc(C)c21. The zero-order chi connectivity index (χ0) is 10.8. The van der Waals surface area contributed by atoms with E-state index in [-0.39, 0.29) is 5.78 Å². The minimum atomic E-state index is 0.241. The molecule has 1 aromatic heterocycles. The van der Waals surface area contributed by atoms with E-state index in [1.165, 1.54) is 16.5 Å². The molecule has 0 unspecified atom stereocenters. The maximum absolute atomic E-state index is 10.9. The van der Waals surface area contributed by atoms with Crippen molar-refractivity contribution in [3.63, 3.8) is 0 Å². The third-order valence-corrected chi connectivity index (χ3v) is 2.69. The van der Waals surface area contributed by atoms with Crippen LogP contribution >= 0.6 is 0 Å². The topological polar surface area (TPSA) is 22.0 Å². The number of ketones is 1. The van der Waals surface area contributed by atoms with Crippen LogP contribution in [0, 0.1) is 6.92 Å². The summed E-state index contributed by atoms with van der Waals surface area (Å²) in [7, 11) is 0. The van der Waals surface area contributed by atoms with Crippen LogP contribution in [0.5, 0.6) is 0 Å². The summed E-state index contributed by atoms with van der Waals surface area (Å²) in [5, 5.41) is 1.25. The Morgan fingerprint density at radius 1 is 1.33 bits per heavy atom. The Balaban J connectivity index is 2.39. The average Bonchev–Trinajstić information content (AvgIpc) is 2.59. The molecule has 0 saturated carbocycles. The molecule has 78 valence electrons. The Morgan fingerprint density at radius 2 is 2.13 bits per heavy atom. The van der Waals surface area contributed by atoms with Crippen molar-refractivity contribution in [2.24, 2.45) is 0 Å². The Labute approximate surface area is 89.5 Å². The number of hydrogen-bond donors (Lipinski definition) is 0. The van der Waals surface area contributed by atoms with Gasteiger partial charge in [0.15, 0.2) is 0 Å². The summed E-state index contributed by atoms with van der Waals surface area (Å²) in [5.41, 5.74) is 2.51. The number of carbonyl (C=O) groups excluding carboxylic acids is 1. The van der Waals surface area contributed by atoms with Crippen LogP contribution in [0.15, 0.2) is 30.5 Å². The Kier molecular flexibility index (Phi) is 2.58. The molecule has 0 atom stereocenters. The van der Waals surface area contributed by atoms with Gasteiger partial charge >= 0.3 is 0 Å². The number of para-hydroxylation sites is 1. The average molecular weight is 201 g/mol. The monoisotopic (exact) mass is 201 g/mol. The number of aryl methyl sites for hydroxylation is 2. The van der Waals surface area contributed by atoms with Gasteiger partial charge < -0.3 is 4.57 Å². The van der Waals surface area contributed by atoms with E-state index in [4.69, 9.17) is 0 Å².